The molecule has 0 aliphatic heterocycles. The van der Waals surface area contributed by atoms with Gasteiger partial charge in [-0.2, -0.15) is 0 Å². The van der Waals surface area contributed by atoms with Crippen molar-refractivity contribution in [1.29, 1.82) is 0 Å². The van der Waals surface area contributed by atoms with E-state index in [0.717, 1.165) is 6.42 Å². The Kier molecular flexibility index (Phi) is 6.89. The Bertz CT molecular complexity index is 323. The van der Waals surface area contributed by atoms with Gasteiger partial charge in [0.15, 0.2) is 0 Å². The molecule has 82 valence electrons. The molecule has 0 aromatic heterocycles. The zero-order valence-electron chi connectivity index (χ0n) is 9.20. The standard InChI is InChI=1S/C12H17FN2/c1-4-5-6-11(7-10(2)13)12(8-14)9-15-3/h5-9H,2,4,14H2,1,3H3/b6-5-,11-7+,12-8?,15-9?. The van der Waals surface area contributed by atoms with E-state index in [1.807, 2.05) is 13.0 Å². The molecular weight excluding hydrogens is 191 g/mol. The molecule has 2 nitrogen and oxygen atoms in total. The quantitative estimate of drug-likeness (QED) is 0.547. The lowest BCUT2D eigenvalue weighted by molar-refractivity contribution is 0.670. The molecule has 0 spiro atoms. The van der Waals surface area contributed by atoms with Crippen LogP contribution in [0.5, 0.6) is 0 Å². The summed E-state index contributed by atoms with van der Waals surface area (Å²) in [5.74, 6) is -0.505. The molecule has 0 atom stereocenters. The zero-order chi connectivity index (χ0) is 11.7. The van der Waals surface area contributed by atoms with Gasteiger partial charge in [-0.1, -0.05) is 25.7 Å². The third-order valence-electron chi connectivity index (χ3n) is 1.63. The molecule has 0 rings (SSSR count). The topological polar surface area (TPSA) is 38.4 Å². The van der Waals surface area contributed by atoms with Gasteiger partial charge in [-0.05, 0) is 18.1 Å². The highest BCUT2D eigenvalue weighted by atomic mass is 19.1. The van der Waals surface area contributed by atoms with Crippen molar-refractivity contribution < 1.29 is 4.39 Å². The van der Waals surface area contributed by atoms with E-state index in [0.29, 0.717) is 11.1 Å². The lowest BCUT2D eigenvalue weighted by Crippen LogP contribution is -1.94. The van der Waals surface area contributed by atoms with Crippen molar-refractivity contribution in [3.63, 3.8) is 0 Å². The molecule has 0 amide bonds. The fraction of sp³-hybridized carbons (Fsp3) is 0.250. The maximum atomic E-state index is 12.7. The fourth-order valence-electron chi connectivity index (χ4n) is 0.994. The normalized spacial score (nSPS) is 14.1. The van der Waals surface area contributed by atoms with Gasteiger partial charge in [-0.15, -0.1) is 0 Å². The number of rotatable bonds is 5. The first-order valence-electron chi connectivity index (χ1n) is 4.72. The Morgan fingerprint density at radius 1 is 1.47 bits per heavy atom. The highest BCUT2D eigenvalue weighted by Crippen LogP contribution is 2.12. The van der Waals surface area contributed by atoms with Gasteiger partial charge in [0.2, 0.25) is 0 Å². The van der Waals surface area contributed by atoms with Gasteiger partial charge in [-0.25, -0.2) is 4.39 Å². The van der Waals surface area contributed by atoms with Crippen LogP contribution in [0.1, 0.15) is 13.3 Å². The van der Waals surface area contributed by atoms with Crippen molar-refractivity contribution in [2.24, 2.45) is 10.7 Å². The molecule has 15 heavy (non-hydrogen) atoms. The maximum Gasteiger partial charge on any atom is 0.116 e. The van der Waals surface area contributed by atoms with E-state index >= 15 is 0 Å². The highest BCUT2D eigenvalue weighted by molar-refractivity contribution is 5.85. The third-order valence-corrected chi connectivity index (χ3v) is 1.63. The van der Waals surface area contributed by atoms with Crippen LogP contribution in [0.25, 0.3) is 0 Å². The summed E-state index contributed by atoms with van der Waals surface area (Å²) in [6.45, 7) is 5.19. The number of halogens is 1. The molecule has 0 unspecified atom stereocenters. The first kappa shape index (κ1) is 13.4. The summed E-state index contributed by atoms with van der Waals surface area (Å²) in [7, 11) is 1.63. The average Bonchev–Trinajstić information content (AvgIpc) is 2.20. The van der Waals surface area contributed by atoms with E-state index in [-0.39, 0.29) is 0 Å². The van der Waals surface area contributed by atoms with E-state index in [2.05, 4.69) is 11.6 Å². The Hall–Kier alpha value is -1.64. The van der Waals surface area contributed by atoms with Crippen molar-refractivity contribution in [3.05, 3.63) is 48.0 Å². The predicted octanol–water partition coefficient (Wildman–Crippen LogP) is 2.91. The summed E-state index contributed by atoms with van der Waals surface area (Å²) in [5, 5.41) is 0. The Morgan fingerprint density at radius 2 is 2.13 bits per heavy atom. The Balaban J connectivity index is 5.09. The molecule has 0 aromatic carbocycles. The molecule has 0 saturated heterocycles. The lowest BCUT2D eigenvalue weighted by Gasteiger charge is -2.01. The number of allylic oxidation sites excluding steroid dienone is 6. The van der Waals surface area contributed by atoms with Crippen LogP contribution in [0.2, 0.25) is 0 Å². The Morgan fingerprint density at radius 3 is 2.53 bits per heavy atom. The first-order chi connectivity index (χ1) is 7.15. The van der Waals surface area contributed by atoms with Crippen LogP contribution in [-0.4, -0.2) is 13.3 Å². The monoisotopic (exact) mass is 208 g/mol. The summed E-state index contributed by atoms with van der Waals surface area (Å²) in [4.78, 5) is 3.84. The second kappa shape index (κ2) is 7.74. The summed E-state index contributed by atoms with van der Waals surface area (Å²) in [6, 6.07) is 0. The Labute approximate surface area is 90.4 Å². The molecule has 0 heterocycles. The minimum absolute atomic E-state index is 0.505. The summed E-state index contributed by atoms with van der Waals surface area (Å²) < 4.78 is 12.7. The highest BCUT2D eigenvalue weighted by Gasteiger charge is 1.99. The van der Waals surface area contributed by atoms with Crippen LogP contribution in [0.4, 0.5) is 4.39 Å². The molecule has 0 bridgehead atoms. The van der Waals surface area contributed by atoms with Gasteiger partial charge in [0.05, 0.1) is 0 Å². The number of hydrogen-bond acceptors (Lipinski definition) is 2. The van der Waals surface area contributed by atoms with Crippen LogP contribution in [0, 0.1) is 0 Å². The third kappa shape index (κ3) is 5.62. The van der Waals surface area contributed by atoms with Crippen molar-refractivity contribution in [2.75, 3.05) is 7.05 Å². The predicted molar refractivity (Wildman–Crippen MR) is 64.4 cm³/mol. The van der Waals surface area contributed by atoms with Crippen LogP contribution in [0.15, 0.2) is 53.0 Å². The SMILES string of the molecule is C=C(F)/C=C(\C=C/CC)C(C=NC)=CN. The van der Waals surface area contributed by atoms with Crippen LogP contribution in [-0.2, 0) is 0 Å². The second-order valence-electron chi connectivity index (χ2n) is 2.87. The van der Waals surface area contributed by atoms with Gasteiger partial charge in [0.1, 0.15) is 5.83 Å². The summed E-state index contributed by atoms with van der Waals surface area (Å²) in [5.41, 5.74) is 6.76. The second-order valence-corrected chi connectivity index (χ2v) is 2.87. The van der Waals surface area contributed by atoms with Gasteiger partial charge < -0.3 is 5.73 Å². The summed E-state index contributed by atoms with van der Waals surface area (Å²) >= 11 is 0. The molecule has 0 radical (unpaired) electrons. The maximum absolute atomic E-state index is 12.7. The number of nitrogens with two attached hydrogens (primary N) is 1. The van der Waals surface area contributed by atoms with Crippen LogP contribution >= 0.6 is 0 Å². The number of aliphatic imine (C=N–C) groups is 1. The van der Waals surface area contributed by atoms with E-state index in [9.17, 15) is 4.39 Å². The minimum Gasteiger partial charge on any atom is -0.404 e. The number of hydrogen-bond donors (Lipinski definition) is 1. The molecule has 2 N–H and O–H groups in total. The van der Waals surface area contributed by atoms with Crippen molar-refractivity contribution in [1.82, 2.24) is 0 Å². The van der Waals surface area contributed by atoms with Gasteiger partial charge in [-0.3, -0.25) is 4.99 Å². The number of nitrogens with zero attached hydrogens (tertiary/aromatic N) is 1. The molecule has 0 aromatic rings. The van der Waals surface area contributed by atoms with Crippen molar-refractivity contribution >= 4 is 6.21 Å². The van der Waals surface area contributed by atoms with Crippen LogP contribution < -0.4 is 5.73 Å². The van der Waals surface area contributed by atoms with Gasteiger partial charge >= 0.3 is 0 Å². The summed E-state index contributed by atoms with van der Waals surface area (Å²) in [6.07, 6.45) is 8.88. The molecule has 3 heteroatoms. The minimum atomic E-state index is -0.505. The van der Waals surface area contributed by atoms with E-state index in [4.69, 9.17) is 5.73 Å². The molecule has 0 saturated carbocycles. The van der Waals surface area contributed by atoms with Gasteiger partial charge in [0, 0.05) is 25.0 Å². The fourth-order valence-corrected chi connectivity index (χ4v) is 0.994. The molecule has 0 fully saturated rings. The van der Waals surface area contributed by atoms with Crippen LogP contribution in [0.3, 0.4) is 0 Å². The molecule has 0 aliphatic rings. The average molecular weight is 208 g/mol. The largest absolute Gasteiger partial charge is 0.404 e. The van der Waals surface area contributed by atoms with Crippen molar-refractivity contribution in [2.45, 2.75) is 13.3 Å². The van der Waals surface area contributed by atoms with E-state index in [1.54, 1.807) is 19.3 Å². The lowest BCUT2D eigenvalue weighted by atomic mass is 10.1. The molecule has 0 aliphatic carbocycles. The zero-order valence-corrected chi connectivity index (χ0v) is 9.20. The van der Waals surface area contributed by atoms with Crippen molar-refractivity contribution in [3.8, 4) is 0 Å². The van der Waals surface area contributed by atoms with E-state index in [1.165, 1.54) is 12.3 Å². The van der Waals surface area contributed by atoms with E-state index < -0.39 is 5.83 Å². The first-order valence-corrected chi connectivity index (χ1v) is 4.72. The van der Waals surface area contributed by atoms with Gasteiger partial charge in [0.25, 0.3) is 0 Å². The smallest absolute Gasteiger partial charge is 0.116 e. The molecular formula is C12H17FN2.